The van der Waals surface area contributed by atoms with Gasteiger partial charge in [0.2, 0.25) is 0 Å². The minimum atomic E-state index is -0.0191. The van der Waals surface area contributed by atoms with E-state index in [1.54, 1.807) is 28.4 Å². The SMILES string of the molecule is COc1cc2c3c(c4cc(OC)c(OC)cc4c2cc1OC)C1C(Br)CCCN1C3=O. The number of piperidine rings is 1. The number of benzene rings is 3. The zero-order valence-electron chi connectivity index (χ0n) is 18.0. The normalized spacial score (nSPS) is 20.0. The second-order valence-electron chi connectivity index (χ2n) is 7.90. The number of amides is 1. The van der Waals surface area contributed by atoms with Crippen LogP contribution in [0.15, 0.2) is 24.3 Å². The first-order chi connectivity index (χ1) is 15.0. The van der Waals surface area contributed by atoms with E-state index >= 15 is 0 Å². The van der Waals surface area contributed by atoms with Crippen molar-refractivity contribution < 1.29 is 23.7 Å². The summed E-state index contributed by atoms with van der Waals surface area (Å²) in [5, 5.41) is 3.78. The second-order valence-corrected chi connectivity index (χ2v) is 9.07. The Hall–Kier alpha value is -2.67. The second kappa shape index (κ2) is 7.48. The molecule has 0 bridgehead atoms. The Kier molecular flexibility index (Phi) is 4.88. The van der Waals surface area contributed by atoms with Crippen LogP contribution < -0.4 is 18.9 Å². The van der Waals surface area contributed by atoms with Gasteiger partial charge in [-0.1, -0.05) is 15.9 Å². The summed E-state index contributed by atoms with van der Waals surface area (Å²) < 4.78 is 22.3. The largest absolute Gasteiger partial charge is 0.493 e. The van der Waals surface area contributed by atoms with Gasteiger partial charge in [0.1, 0.15) is 0 Å². The van der Waals surface area contributed by atoms with Gasteiger partial charge in [-0.3, -0.25) is 4.79 Å². The molecule has 1 saturated heterocycles. The highest BCUT2D eigenvalue weighted by Crippen LogP contribution is 2.52. The lowest BCUT2D eigenvalue weighted by atomic mass is 9.88. The van der Waals surface area contributed by atoms with Crippen LogP contribution in [0.25, 0.3) is 21.5 Å². The summed E-state index contributed by atoms with van der Waals surface area (Å²) in [5.41, 5.74) is 1.79. The van der Waals surface area contributed by atoms with Gasteiger partial charge in [-0.15, -0.1) is 0 Å². The number of alkyl halides is 1. The van der Waals surface area contributed by atoms with Gasteiger partial charge in [0, 0.05) is 11.4 Å². The lowest BCUT2D eigenvalue weighted by molar-refractivity contribution is 0.0684. The number of halogens is 1. The quantitative estimate of drug-likeness (QED) is 0.380. The summed E-state index contributed by atoms with van der Waals surface area (Å²) in [6.45, 7) is 0.754. The van der Waals surface area contributed by atoms with Gasteiger partial charge in [-0.25, -0.2) is 0 Å². The number of methoxy groups -OCH3 is 4. The van der Waals surface area contributed by atoms with Gasteiger partial charge in [0.25, 0.3) is 5.91 Å². The summed E-state index contributed by atoms with van der Waals surface area (Å²) in [5.74, 6) is 2.58. The molecule has 0 spiro atoms. The molecule has 7 heteroatoms. The maximum absolute atomic E-state index is 13.6. The van der Waals surface area contributed by atoms with E-state index in [1.807, 2.05) is 29.2 Å². The number of carbonyl (C=O) groups is 1. The van der Waals surface area contributed by atoms with Crippen molar-refractivity contribution in [3.8, 4) is 23.0 Å². The molecule has 3 aromatic carbocycles. The Morgan fingerprint density at radius 2 is 1.29 bits per heavy atom. The van der Waals surface area contributed by atoms with Crippen LogP contribution in [0.2, 0.25) is 0 Å². The first kappa shape index (κ1) is 20.2. The van der Waals surface area contributed by atoms with E-state index in [9.17, 15) is 4.79 Å². The molecule has 162 valence electrons. The number of rotatable bonds is 4. The van der Waals surface area contributed by atoms with E-state index in [-0.39, 0.29) is 16.8 Å². The van der Waals surface area contributed by atoms with E-state index < -0.39 is 0 Å². The molecule has 5 rings (SSSR count). The Bertz CT molecular complexity index is 1220. The average Bonchev–Trinajstić information content (AvgIpc) is 3.11. The molecule has 2 unspecified atom stereocenters. The summed E-state index contributed by atoms with van der Waals surface area (Å²) in [6, 6.07) is 7.83. The molecule has 2 aliphatic rings. The van der Waals surface area contributed by atoms with Gasteiger partial charge >= 0.3 is 0 Å². The Balaban J connectivity index is 1.98. The molecular weight excluding hydrogens is 462 g/mol. The van der Waals surface area contributed by atoms with Crippen molar-refractivity contribution in [2.24, 2.45) is 0 Å². The fourth-order valence-corrected chi connectivity index (χ4v) is 5.98. The van der Waals surface area contributed by atoms with Gasteiger partial charge < -0.3 is 23.8 Å². The maximum atomic E-state index is 13.6. The summed E-state index contributed by atoms with van der Waals surface area (Å²) in [4.78, 5) is 15.8. The molecule has 0 aliphatic carbocycles. The van der Waals surface area contributed by atoms with Gasteiger partial charge in [-0.05, 0) is 64.2 Å². The van der Waals surface area contributed by atoms with Crippen molar-refractivity contribution in [3.05, 3.63) is 35.4 Å². The minimum Gasteiger partial charge on any atom is -0.493 e. The molecule has 0 aromatic heterocycles. The van der Waals surface area contributed by atoms with Gasteiger partial charge in [-0.2, -0.15) is 0 Å². The monoisotopic (exact) mass is 485 g/mol. The standard InChI is InChI=1S/C24H24BrNO5/c1-28-17-8-12-13-9-18(29-2)20(31-4)11-15(13)22-21(14(12)10-19(17)30-3)23-16(25)6-5-7-26(23)24(22)27/h8-11,16,23H,5-7H2,1-4H3. The van der Waals surface area contributed by atoms with Crippen molar-refractivity contribution in [1.82, 2.24) is 4.90 Å². The van der Waals surface area contributed by atoms with Crippen molar-refractivity contribution in [1.29, 1.82) is 0 Å². The van der Waals surface area contributed by atoms with Crippen LogP contribution in [0.1, 0.15) is 34.8 Å². The van der Waals surface area contributed by atoms with Crippen LogP contribution in [0.5, 0.6) is 23.0 Å². The molecule has 0 saturated carbocycles. The smallest absolute Gasteiger partial charge is 0.255 e. The highest BCUT2D eigenvalue weighted by atomic mass is 79.9. The predicted octanol–water partition coefficient (Wildman–Crippen LogP) is 5.08. The van der Waals surface area contributed by atoms with Crippen LogP contribution in [-0.4, -0.2) is 50.6 Å². The minimum absolute atomic E-state index is 0.0191. The maximum Gasteiger partial charge on any atom is 0.255 e. The highest BCUT2D eigenvalue weighted by molar-refractivity contribution is 9.09. The first-order valence-electron chi connectivity index (χ1n) is 10.3. The summed E-state index contributed by atoms with van der Waals surface area (Å²) >= 11 is 3.86. The third-order valence-electron chi connectivity index (χ3n) is 6.49. The molecular formula is C24H24BrNO5. The predicted molar refractivity (Wildman–Crippen MR) is 123 cm³/mol. The fraction of sp³-hybridized carbons (Fsp3) is 0.375. The Labute approximate surface area is 189 Å². The molecule has 1 amide bonds. The number of carbonyl (C=O) groups excluding carboxylic acids is 1. The third-order valence-corrected chi connectivity index (χ3v) is 7.45. The fourth-order valence-electron chi connectivity index (χ4n) is 5.11. The zero-order chi connectivity index (χ0) is 21.9. The van der Waals surface area contributed by atoms with E-state index in [4.69, 9.17) is 18.9 Å². The van der Waals surface area contributed by atoms with E-state index in [0.29, 0.717) is 23.0 Å². The van der Waals surface area contributed by atoms with Crippen LogP contribution >= 0.6 is 15.9 Å². The Morgan fingerprint density at radius 1 is 0.806 bits per heavy atom. The van der Waals surface area contributed by atoms with Crippen LogP contribution in [-0.2, 0) is 0 Å². The molecule has 3 aromatic rings. The van der Waals surface area contributed by atoms with E-state index in [0.717, 1.165) is 52.1 Å². The topological polar surface area (TPSA) is 57.2 Å². The molecule has 0 N–H and O–H groups in total. The third kappa shape index (κ3) is 2.79. The molecule has 6 nitrogen and oxygen atoms in total. The van der Waals surface area contributed by atoms with Crippen molar-refractivity contribution >= 4 is 43.4 Å². The van der Waals surface area contributed by atoms with Crippen LogP contribution in [0.4, 0.5) is 0 Å². The number of ether oxygens (including phenoxy) is 4. The van der Waals surface area contributed by atoms with E-state index in [1.165, 1.54) is 0 Å². The number of hydrogen-bond acceptors (Lipinski definition) is 5. The number of hydrogen-bond donors (Lipinski definition) is 0. The van der Waals surface area contributed by atoms with Gasteiger partial charge in [0.05, 0.1) is 40.0 Å². The van der Waals surface area contributed by atoms with E-state index in [2.05, 4.69) is 15.9 Å². The lowest BCUT2D eigenvalue weighted by Crippen LogP contribution is -2.37. The molecule has 2 heterocycles. The average molecular weight is 486 g/mol. The first-order valence-corrected chi connectivity index (χ1v) is 11.2. The molecule has 1 fully saturated rings. The van der Waals surface area contributed by atoms with Crippen LogP contribution in [0.3, 0.4) is 0 Å². The lowest BCUT2D eigenvalue weighted by Gasteiger charge is -2.34. The summed E-state index contributed by atoms with van der Waals surface area (Å²) in [6.07, 6.45) is 2.00. The molecule has 2 aliphatic heterocycles. The van der Waals surface area contributed by atoms with Crippen molar-refractivity contribution in [3.63, 3.8) is 0 Å². The zero-order valence-corrected chi connectivity index (χ0v) is 19.5. The number of fused-ring (bicyclic) bond motifs is 8. The number of nitrogens with zero attached hydrogens (tertiary/aromatic N) is 1. The molecule has 2 atom stereocenters. The molecule has 0 radical (unpaired) electrons. The molecule has 31 heavy (non-hydrogen) atoms. The highest BCUT2D eigenvalue weighted by Gasteiger charge is 2.45. The summed E-state index contributed by atoms with van der Waals surface area (Å²) in [7, 11) is 6.48. The van der Waals surface area contributed by atoms with Crippen LogP contribution in [0, 0.1) is 0 Å². The Morgan fingerprint density at radius 3 is 1.84 bits per heavy atom. The van der Waals surface area contributed by atoms with Crippen molar-refractivity contribution in [2.45, 2.75) is 23.7 Å². The van der Waals surface area contributed by atoms with Gasteiger partial charge in [0.15, 0.2) is 23.0 Å². The van der Waals surface area contributed by atoms with Crippen molar-refractivity contribution in [2.75, 3.05) is 35.0 Å².